The van der Waals surface area contributed by atoms with Gasteiger partial charge in [0.05, 0.1) is 17.6 Å². The number of hydrogen-bond donors (Lipinski definition) is 1. The first-order valence-corrected chi connectivity index (χ1v) is 7.54. The highest BCUT2D eigenvalue weighted by Gasteiger charge is 2.16. The minimum Gasteiger partial charge on any atom is -0.381 e. The van der Waals surface area contributed by atoms with E-state index >= 15 is 0 Å². The van der Waals surface area contributed by atoms with Gasteiger partial charge in [0.2, 0.25) is 5.65 Å². The zero-order valence-electron chi connectivity index (χ0n) is 13.2. The summed E-state index contributed by atoms with van der Waals surface area (Å²) in [5.74, 6) is -0.892. The minimum absolute atomic E-state index is 0.0419. The molecule has 0 bridgehead atoms. The first kappa shape index (κ1) is 15.3. The summed E-state index contributed by atoms with van der Waals surface area (Å²) in [5, 5.41) is 4.16. The number of halogens is 2. The van der Waals surface area contributed by atoms with Crippen molar-refractivity contribution in [3.8, 4) is 0 Å². The molecule has 0 saturated carbocycles. The molecule has 0 unspecified atom stereocenters. The van der Waals surface area contributed by atoms with Crippen LogP contribution in [0.4, 0.5) is 14.6 Å². The largest absolute Gasteiger partial charge is 0.381 e. The van der Waals surface area contributed by atoms with Crippen molar-refractivity contribution >= 4 is 22.5 Å². The Balaban J connectivity index is 1.99. The second-order valence-electron chi connectivity index (χ2n) is 5.76. The van der Waals surface area contributed by atoms with Crippen LogP contribution in [-0.2, 0) is 6.54 Å². The SMILES string of the molecule is Cc1cccc(F)c1Cn1nc2c(N)nc3ccc(F)cc3n2c1=O. The van der Waals surface area contributed by atoms with Crippen molar-refractivity contribution in [2.24, 2.45) is 0 Å². The molecule has 2 aromatic carbocycles. The highest BCUT2D eigenvalue weighted by atomic mass is 19.1. The van der Waals surface area contributed by atoms with Crippen molar-refractivity contribution in [1.29, 1.82) is 0 Å². The smallest absolute Gasteiger partial charge is 0.351 e. The molecular formula is C17H13F2N5O. The molecule has 0 amide bonds. The van der Waals surface area contributed by atoms with Crippen molar-refractivity contribution in [3.63, 3.8) is 0 Å². The molecule has 0 aliphatic carbocycles. The van der Waals surface area contributed by atoms with Gasteiger partial charge in [0.1, 0.15) is 11.6 Å². The van der Waals surface area contributed by atoms with E-state index in [1.807, 2.05) is 0 Å². The van der Waals surface area contributed by atoms with E-state index in [1.165, 1.54) is 28.7 Å². The van der Waals surface area contributed by atoms with E-state index < -0.39 is 17.3 Å². The van der Waals surface area contributed by atoms with Crippen molar-refractivity contribution < 1.29 is 8.78 Å². The Morgan fingerprint density at radius 3 is 2.76 bits per heavy atom. The van der Waals surface area contributed by atoms with Gasteiger partial charge in [-0.2, -0.15) is 0 Å². The molecule has 0 radical (unpaired) electrons. The van der Waals surface area contributed by atoms with Gasteiger partial charge in [-0.15, -0.1) is 5.10 Å². The number of fused-ring (bicyclic) bond motifs is 3. The van der Waals surface area contributed by atoms with E-state index in [4.69, 9.17) is 5.73 Å². The summed E-state index contributed by atoms with van der Waals surface area (Å²) in [4.78, 5) is 16.9. The molecule has 0 atom stereocenters. The number of nitrogens with two attached hydrogens (primary N) is 1. The molecule has 0 fully saturated rings. The van der Waals surface area contributed by atoms with Crippen molar-refractivity contribution in [3.05, 3.63) is 69.6 Å². The lowest BCUT2D eigenvalue weighted by molar-refractivity contribution is 0.576. The molecule has 126 valence electrons. The molecule has 4 aromatic rings. The Hall–Kier alpha value is -3.29. The van der Waals surface area contributed by atoms with Crippen molar-refractivity contribution in [1.82, 2.24) is 19.2 Å². The fourth-order valence-corrected chi connectivity index (χ4v) is 2.86. The number of aryl methyl sites for hydroxylation is 1. The molecule has 2 N–H and O–H groups in total. The molecule has 0 saturated heterocycles. The van der Waals surface area contributed by atoms with Crippen LogP contribution >= 0.6 is 0 Å². The number of nitrogen functional groups attached to an aromatic ring is 1. The molecule has 8 heteroatoms. The molecule has 4 rings (SSSR count). The lowest BCUT2D eigenvalue weighted by Crippen LogP contribution is -2.23. The van der Waals surface area contributed by atoms with Crippen LogP contribution in [0.2, 0.25) is 0 Å². The Labute approximate surface area is 140 Å². The van der Waals surface area contributed by atoms with E-state index in [-0.39, 0.29) is 23.5 Å². The molecule has 0 aliphatic rings. The maximum atomic E-state index is 14.1. The standard InChI is InChI=1S/C17H13F2N5O/c1-9-3-2-4-12(19)11(9)8-23-17(25)24-14-7-10(18)5-6-13(14)21-15(20)16(24)22-23/h2-7H,8H2,1H3,(H2,20,21). The Morgan fingerprint density at radius 2 is 2.00 bits per heavy atom. The third kappa shape index (κ3) is 2.34. The predicted octanol–water partition coefficient (Wildman–Crippen LogP) is 2.26. The van der Waals surface area contributed by atoms with E-state index in [2.05, 4.69) is 10.1 Å². The number of rotatable bonds is 2. The summed E-state index contributed by atoms with van der Waals surface area (Å²) in [6.07, 6.45) is 0. The van der Waals surface area contributed by atoms with Gasteiger partial charge in [-0.25, -0.2) is 27.6 Å². The Kier molecular flexibility index (Phi) is 3.28. The van der Waals surface area contributed by atoms with Crippen LogP contribution in [-0.4, -0.2) is 19.2 Å². The van der Waals surface area contributed by atoms with E-state index in [1.54, 1.807) is 19.1 Å². The van der Waals surface area contributed by atoms with Crippen molar-refractivity contribution in [2.45, 2.75) is 13.5 Å². The van der Waals surface area contributed by atoms with Gasteiger partial charge >= 0.3 is 5.69 Å². The monoisotopic (exact) mass is 341 g/mol. The second kappa shape index (κ2) is 5.37. The molecule has 25 heavy (non-hydrogen) atoms. The minimum atomic E-state index is -0.539. The predicted molar refractivity (Wildman–Crippen MR) is 89.4 cm³/mol. The van der Waals surface area contributed by atoms with E-state index in [0.717, 1.165) is 4.68 Å². The summed E-state index contributed by atoms with van der Waals surface area (Å²) >= 11 is 0. The highest BCUT2D eigenvalue weighted by Crippen LogP contribution is 2.19. The fraction of sp³-hybridized carbons (Fsp3) is 0.118. The summed E-state index contributed by atoms with van der Waals surface area (Å²) in [6.45, 7) is 1.69. The number of anilines is 1. The maximum absolute atomic E-state index is 14.1. The van der Waals surface area contributed by atoms with Crippen LogP contribution < -0.4 is 11.4 Å². The summed E-state index contributed by atoms with van der Waals surface area (Å²) in [7, 11) is 0. The average molecular weight is 341 g/mol. The van der Waals surface area contributed by atoms with Crippen LogP contribution in [0.3, 0.4) is 0 Å². The number of hydrogen-bond acceptors (Lipinski definition) is 4. The van der Waals surface area contributed by atoms with Gasteiger partial charge in [0.15, 0.2) is 5.82 Å². The Morgan fingerprint density at radius 1 is 1.20 bits per heavy atom. The van der Waals surface area contributed by atoms with Crippen LogP contribution in [0, 0.1) is 18.6 Å². The van der Waals surface area contributed by atoms with Gasteiger partial charge in [-0.1, -0.05) is 12.1 Å². The van der Waals surface area contributed by atoms with Gasteiger partial charge < -0.3 is 5.73 Å². The molecule has 6 nitrogen and oxygen atoms in total. The van der Waals surface area contributed by atoms with Gasteiger partial charge in [0.25, 0.3) is 0 Å². The van der Waals surface area contributed by atoms with Gasteiger partial charge in [0, 0.05) is 11.6 Å². The zero-order chi connectivity index (χ0) is 17.7. The van der Waals surface area contributed by atoms with Crippen molar-refractivity contribution in [2.75, 3.05) is 5.73 Å². The fourth-order valence-electron chi connectivity index (χ4n) is 2.86. The zero-order valence-corrected chi connectivity index (χ0v) is 13.2. The first-order valence-electron chi connectivity index (χ1n) is 7.54. The maximum Gasteiger partial charge on any atom is 0.351 e. The average Bonchev–Trinajstić information content (AvgIpc) is 2.90. The Bertz CT molecular complexity index is 1180. The number of aromatic nitrogens is 4. The first-order chi connectivity index (χ1) is 12.0. The second-order valence-corrected chi connectivity index (χ2v) is 5.76. The lowest BCUT2D eigenvalue weighted by Gasteiger charge is -2.05. The highest BCUT2D eigenvalue weighted by molar-refractivity contribution is 5.81. The molecular weight excluding hydrogens is 328 g/mol. The summed E-state index contributed by atoms with van der Waals surface area (Å²) < 4.78 is 30.0. The van der Waals surface area contributed by atoms with Crippen LogP contribution in [0.5, 0.6) is 0 Å². The van der Waals surface area contributed by atoms with E-state index in [0.29, 0.717) is 16.6 Å². The van der Waals surface area contributed by atoms with Gasteiger partial charge in [-0.3, -0.25) is 0 Å². The van der Waals surface area contributed by atoms with Gasteiger partial charge in [-0.05, 0) is 30.7 Å². The number of nitrogens with zero attached hydrogens (tertiary/aromatic N) is 4. The normalized spacial score (nSPS) is 11.5. The molecule has 2 aromatic heterocycles. The molecule has 0 aliphatic heterocycles. The van der Waals surface area contributed by atoms with E-state index in [9.17, 15) is 13.6 Å². The third-order valence-electron chi connectivity index (χ3n) is 4.15. The number of benzene rings is 2. The third-order valence-corrected chi connectivity index (χ3v) is 4.15. The summed E-state index contributed by atoms with van der Waals surface area (Å²) in [6, 6.07) is 8.53. The van der Waals surface area contributed by atoms with Crippen LogP contribution in [0.25, 0.3) is 16.7 Å². The quantitative estimate of drug-likeness (QED) is 0.607. The topological polar surface area (TPSA) is 78.2 Å². The van der Waals surface area contributed by atoms with Crippen LogP contribution in [0.1, 0.15) is 11.1 Å². The molecule has 2 heterocycles. The summed E-state index contributed by atoms with van der Waals surface area (Å²) in [5.41, 5.74) is 7.13. The molecule has 0 spiro atoms. The van der Waals surface area contributed by atoms with Crippen LogP contribution in [0.15, 0.2) is 41.2 Å². The lowest BCUT2D eigenvalue weighted by atomic mass is 10.1.